The van der Waals surface area contributed by atoms with Crippen LogP contribution in [0.3, 0.4) is 0 Å². The average molecular weight is 196 g/mol. The minimum absolute atomic E-state index is 0.278. The summed E-state index contributed by atoms with van der Waals surface area (Å²) in [7, 11) is 0. The summed E-state index contributed by atoms with van der Waals surface area (Å²) < 4.78 is 4.97. The molecular formula is C10H12O2S. The van der Waals surface area contributed by atoms with Gasteiger partial charge in [0.15, 0.2) is 0 Å². The normalized spacial score (nSPS) is 10.1. The van der Waals surface area contributed by atoms with E-state index in [-0.39, 0.29) is 5.97 Å². The van der Waals surface area contributed by atoms with E-state index in [0.29, 0.717) is 10.8 Å². The minimum Gasteiger partial charge on any atom is -0.387 e. The average Bonchev–Trinajstić information content (AvgIpc) is 2.15. The maximum absolute atomic E-state index is 11.3. The van der Waals surface area contributed by atoms with Crippen LogP contribution >= 0.6 is 12.0 Å². The van der Waals surface area contributed by atoms with E-state index in [1.165, 1.54) is 12.0 Å². The first-order chi connectivity index (χ1) is 6.20. The molecule has 13 heavy (non-hydrogen) atoms. The predicted octanol–water partition coefficient (Wildman–Crippen LogP) is 2.90. The SMILES string of the molecule is CC(C)SOC(=O)c1ccccc1. The van der Waals surface area contributed by atoms with Gasteiger partial charge >= 0.3 is 5.97 Å². The second-order valence-electron chi connectivity index (χ2n) is 2.88. The van der Waals surface area contributed by atoms with Gasteiger partial charge in [0.25, 0.3) is 0 Å². The standard InChI is InChI=1S/C10H12O2S/c1-8(2)13-12-10(11)9-6-4-3-5-7-9/h3-8H,1-2H3. The molecule has 0 spiro atoms. The van der Waals surface area contributed by atoms with Gasteiger partial charge in [0.05, 0.1) is 17.6 Å². The summed E-state index contributed by atoms with van der Waals surface area (Å²) in [6.45, 7) is 3.95. The molecule has 0 bridgehead atoms. The van der Waals surface area contributed by atoms with Gasteiger partial charge in [0.1, 0.15) is 0 Å². The third-order valence-electron chi connectivity index (χ3n) is 1.33. The van der Waals surface area contributed by atoms with Crippen molar-refractivity contribution in [2.24, 2.45) is 0 Å². The Kier molecular flexibility index (Phi) is 3.83. The topological polar surface area (TPSA) is 26.3 Å². The molecule has 0 aliphatic heterocycles. The van der Waals surface area contributed by atoms with E-state index in [2.05, 4.69) is 0 Å². The van der Waals surface area contributed by atoms with E-state index in [1.54, 1.807) is 12.1 Å². The summed E-state index contributed by atoms with van der Waals surface area (Å²) >= 11 is 1.18. The van der Waals surface area contributed by atoms with Crippen molar-refractivity contribution in [2.45, 2.75) is 19.1 Å². The minimum atomic E-state index is -0.278. The highest BCUT2D eigenvalue weighted by Gasteiger charge is 2.07. The van der Waals surface area contributed by atoms with Crippen molar-refractivity contribution in [3.8, 4) is 0 Å². The van der Waals surface area contributed by atoms with E-state index in [1.807, 2.05) is 32.0 Å². The lowest BCUT2D eigenvalue weighted by Crippen LogP contribution is -2.01. The Morgan fingerprint density at radius 3 is 2.46 bits per heavy atom. The number of rotatable bonds is 3. The Morgan fingerprint density at radius 2 is 1.92 bits per heavy atom. The number of hydrogen-bond acceptors (Lipinski definition) is 3. The predicted molar refractivity (Wildman–Crippen MR) is 54.6 cm³/mol. The number of carbonyl (C=O) groups is 1. The van der Waals surface area contributed by atoms with Gasteiger partial charge in [-0.3, -0.25) is 0 Å². The van der Waals surface area contributed by atoms with E-state index in [4.69, 9.17) is 4.18 Å². The van der Waals surface area contributed by atoms with Crippen LogP contribution < -0.4 is 0 Å². The van der Waals surface area contributed by atoms with Gasteiger partial charge in [-0.15, -0.1) is 0 Å². The molecule has 1 aromatic rings. The fourth-order valence-corrected chi connectivity index (χ4v) is 1.14. The van der Waals surface area contributed by atoms with Crippen LogP contribution in [0.15, 0.2) is 30.3 Å². The summed E-state index contributed by atoms with van der Waals surface area (Å²) in [5.74, 6) is -0.278. The summed E-state index contributed by atoms with van der Waals surface area (Å²) in [4.78, 5) is 11.3. The Hall–Kier alpha value is -0.960. The monoisotopic (exact) mass is 196 g/mol. The molecule has 0 aromatic heterocycles. The fourth-order valence-electron chi connectivity index (χ4n) is 0.762. The quantitative estimate of drug-likeness (QED) is 0.695. The van der Waals surface area contributed by atoms with E-state index >= 15 is 0 Å². The lowest BCUT2D eigenvalue weighted by atomic mass is 10.2. The lowest BCUT2D eigenvalue weighted by molar-refractivity contribution is 0.0767. The first-order valence-electron chi connectivity index (χ1n) is 4.13. The van der Waals surface area contributed by atoms with E-state index in [0.717, 1.165) is 0 Å². The van der Waals surface area contributed by atoms with Gasteiger partial charge in [-0.25, -0.2) is 4.79 Å². The summed E-state index contributed by atoms with van der Waals surface area (Å²) in [5, 5.41) is 0.299. The van der Waals surface area contributed by atoms with Crippen molar-refractivity contribution in [1.29, 1.82) is 0 Å². The van der Waals surface area contributed by atoms with Crippen LogP contribution in [0.1, 0.15) is 24.2 Å². The molecule has 0 N–H and O–H groups in total. The first kappa shape index (κ1) is 10.1. The Morgan fingerprint density at radius 1 is 1.31 bits per heavy atom. The van der Waals surface area contributed by atoms with Crippen LogP contribution in [0.25, 0.3) is 0 Å². The molecular weight excluding hydrogens is 184 g/mol. The van der Waals surface area contributed by atoms with Crippen LogP contribution in [-0.4, -0.2) is 11.2 Å². The molecule has 0 amide bonds. The molecule has 0 aliphatic rings. The number of hydrogen-bond donors (Lipinski definition) is 0. The van der Waals surface area contributed by atoms with E-state index in [9.17, 15) is 4.79 Å². The molecule has 3 heteroatoms. The fraction of sp³-hybridized carbons (Fsp3) is 0.300. The molecule has 0 saturated carbocycles. The maximum Gasteiger partial charge on any atom is 0.350 e. The zero-order chi connectivity index (χ0) is 9.68. The molecule has 0 unspecified atom stereocenters. The second-order valence-corrected chi connectivity index (χ2v) is 4.18. The molecule has 0 fully saturated rings. The van der Waals surface area contributed by atoms with Crippen LogP contribution in [0.4, 0.5) is 0 Å². The molecule has 0 atom stereocenters. The third kappa shape index (κ3) is 3.51. The van der Waals surface area contributed by atoms with Gasteiger partial charge in [-0.1, -0.05) is 32.0 Å². The van der Waals surface area contributed by atoms with Crippen LogP contribution in [0.5, 0.6) is 0 Å². The number of benzene rings is 1. The highest BCUT2D eigenvalue weighted by molar-refractivity contribution is 7.95. The van der Waals surface area contributed by atoms with Crippen LogP contribution in [-0.2, 0) is 4.18 Å². The Bertz CT molecular complexity index is 270. The van der Waals surface area contributed by atoms with Gasteiger partial charge in [0, 0.05) is 5.25 Å². The third-order valence-corrected chi connectivity index (χ3v) is 1.96. The summed E-state index contributed by atoms with van der Waals surface area (Å²) in [6.07, 6.45) is 0. The number of carbonyl (C=O) groups excluding carboxylic acids is 1. The molecule has 0 aliphatic carbocycles. The molecule has 0 heterocycles. The highest BCUT2D eigenvalue weighted by Crippen LogP contribution is 2.13. The van der Waals surface area contributed by atoms with Crippen molar-refractivity contribution >= 4 is 18.0 Å². The maximum atomic E-state index is 11.3. The van der Waals surface area contributed by atoms with Gasteiger partial charge < -0.3 is 4.18 Å². The smallest absolute Gasteiger partial charge is 0.350 e. The van der Waals surface area contributed by atoms with Crippen molar-refractivity contribution in [2.75, 3.05) is 0 Å². The zero-order valence-corrected chi connectivity index (χ0v) is 8.51. The molecule has 0 radical (unpaired) electrons. The molecule has 1 rings (SSSR count). The molecule has 0 saturated heterocycles. The zero-order valence-electron chi connectivity index (χ0n) is 7.69. The van der Waals surface area contributed by atoms with Crippen molar-refractivity contribution in [3.63, 3.8) is 0 Å². The van der Waals surface area contributed by atoms with Crippen molar-refractivity contribution in [3.05, 3.63) is 35.9 Å². The molecule has 2 nitrogen and oxygen atoms in total. The van der Waals surface area contributed by atoms with Crippen LogP contribution in [0, 0.1) is 0 Å². The first-order valence-corrected chi connectivity index (χ1v) is 4.93. The second kappa shape index (κ2) is 4.92. The van der Waals surface area contributed by atoms with Crippen molar-refractivity contribution in [1.82, 2.24) is 0 Å². The van der Waals surface area contributed by atoms with Gasteiger partial charge in [-0.05, 0) is 12.1 Å². The van der Waals surface area contributed by atoms with Crippen LogP contribution in [0.2, 0.25) is 0 Å². The van der Waals surface area contributed by atoms with Gasteiger partial charge in [-0.2, -0.15) is 0 Å². The highest BCUT2D eigenvalue weighted by atomic mass is 32.2. The summed E-state index contributed by atoms with van der Waals surface area (Å²) in [5.41, 5.74) is 0.593. The van der Waals surface area contributed by atoms with Crippen molar-refractivity contribution < 1.29 is 8.98 Å². The Labute approximate surface area is 82.5 Å². The largest absolute Gasteiger partial charge is 0.387 e. The molecule has 1 aromatic carbocycles. The summed E-state index contributed by atoms with van der Waals surface area (Å²) in [6, 6.07) is 8.98. The molecule has 70 valence electrons. The van der Waals surface area contributed by atoms with Gasteiger partial charge in [0.2, 0.25) is 0 Å². The Balaban J connectivity index is 2.50. The lowest BCUT2D eigenvalue weighted by Gasteiger charge is -2.04. The van der Waals surface area contributed by atoms with E-state index < -0.39 is 0 Å².